The van der Waals surface area contributed by atoms with Crippen molar-refractivity contribution in [1.29, 1.82) is 0 Å². The quantitative estimate of drug-likeness (QED) is 0.646. The molecular weight excluding hydrogens is 340 g/mol. The van der Waals surface area contributed by atoms with Crippen LogP contribution in [0.5, 0.6) is 0 Å². The number of Topliss-reactive ketones (excluding diaryl/α,β-unsaturated/α-hetero) is 1. The number of para-hydroxylation sites is 2. The van der Waals surface area contributed by atoms with E-state index >= 15 is 0 Å². The molecule has 26 heavy (non-hydrogen) atoms. The molecule has 0 fully saturated rings. The number of ketones is 1. The fourth-order valence-corrected chi connectivity index (χ4v) is 5.87. The standard InChI is InChI=1S/C22H20N2OS/c1-14(25)17-13-23(2)19-12-20(17)26-22-21(19)16-10-6-7-11-18(16)24(22)15-8-4-3-5-9-15/h3-11,13,19-20H,12H2,1-2H3. The molecule has 1 aromatic heterocycles. The maximum absolute atomic E-state index is 12.2. The summed E-state index contributed by atoms with van der Waals surface area (Å²) in [5.74, 6) is 0.179. The van der Waals surface area contributed by atoms with Crippen LogP contribution in [0, 0.1) is 0 Å². The summed E-state index contributed by atoms with van der Waals surface area (Å²) in [6.07, 6.45) is 3.05. The fraction of sp³-hybridized carbons (Fsp3) is 0.227. The average Bonchev–Trinajstić information content (AvgIpc) is 2.99. The van der Waals surface area contributed by atoms with Crippen molar-refractivity contribution < 1.29 is 4.79 Å². The van der Waals surface area contributed by atoms with E-state index in [-0.39, 0.29) is 11.0 Å². The smallest absolute Gasteiger partial charge is 0.158 e. The first-order valence-electron chi connectivity index (χ1n) is 8.95. The van der Waals surface area contributed by atoms with Crippen molar-refractivity contribution in [3.8, 4) is 5.69 Å². The van der Waals surface area contributed by atoms with Crippen molar-refractivity contribution in [2.45, 2.75) is 29.7 Å². The maximum atomic E-state index is 12.2. The molecule has 0 saturated carbocycles. The van der Waals surface area contributed by atoms with Gasteiger partial charge in [-0.05, 0) is 31.5 Å². The lowest BCUT2D eigenvalue weighted by Gasteiger charge is -2.40. The summed E-state index contributed by atoms with van der Waals surface area (Å²) in [6.45, 7) is 1.68. The van der Waals surface area contributed by atoms with Gasteiger partial charge in [-0.25, -0.2) is 0 Å². The topological polar surface area (TPSA) is 25.2 Å². The zero-order chi connectivity index (χ0) is 17.8. The van der Waals surface area contributed by atoms with E-state index < -0.39 is 0 Å². The SMILES string of the molecule is CC(=O)C1=CN(C)C2CC1Sc1c2c2ccccc2n1-c1ccccc1. The van der Waals surface area contributed by atoms with E-state index in [1.54, 1.807) is 6.92 Å². The summed E-state index contributed by atoms with van der Waals surface area (Å²) in [5, 5.41) is 2.82. The second kappa shape index (κ2) is 5.78. The first-order chi connectivity index (χ1) is 12.6. The number of thioether (sulfide) groups is 1. The van der Waals surface area contributed by atoms with Gasteiger partial charge < -0.3 is 9.47 Å². The highest BCUT2D eigenvalue weighted by atomic mass is 32.2. The summed E-state index contributed by atoms with van der Waals surface area (Å²) in [5.41, 5.74) is 4.74. The van der Waals surface area contributed by atoms with Crippen LogP contribution in [-0.2, 0) is 4.79 Å². The van der Waals surface area contributed by atoms with Crippen molar-refractivity contribution in [1.82, 2.24) is 9.47 Å². The largest absolute Gasteiger partial charge is 0.373 e. The summed E-state index contributed by atoms with van der Waals surface area (Å²) in [6, 6.07) is 19.5. The predicted octanol–water partition coefficient (Wildman–Crippen LogP) is 4.95. The van der Waals surface area contributed by atoms with E-state index in [1.165, 1.54) is 27.2 Å². The number of benzene rings is 2. The summed E-state index contributed by atoms with van der Waals surface area (Å²) in [4.78, 5) is 14.4. The number of fused-ring (bicyclic) bond motifs is 6. The van der Waals surface area contributed by atoms with E-state index in [2.05, 4.69) is 71.2 Å². The Hall–Kier alpha value is -2.46. The van der Waals surface area contributed by atoms with Crippen LogP contribution in [0.4, 0.5) is 0 Å². The van der Waals surface area contributed by atoms with Crippen molar-refractivity contribution in [2.24, 2.45) is 0 Å². The van der Waals surface area contributed by atoms with Gasteiger partial charge in [0.1, 0.15) is 0 Å². The summed E-state index contributed by atoms with van der Waals surface area (Å²) >= 11 is 1.84. The Balaban J connectivity index is 1.80. The highest BCUT2D eigenvalue weighted by molar-refractivity contribution is 8.00. The van der Waals surface area contributed by atoms with Gasteiger partial charge in [-0.1, -0.05) is 48.2 Å². The zero-order valence-corrected chi connectivity index (χ0v) is 15.7. The van der Waals surface area contributed by atoms with E-state index in [0.29, 0.717) is 6.04 Å². The molecular formula is C22H20N2OS. The van der Waals surface area contributed by atoms with E-state index in [0.717, 1.165) is 12.0 Å². The lowest BCUT2D eigenvalue weighted by Crippen LogP contribution is -2.34. The molecule has 0 saturated heterocycles. The van der Waals surface area contributed by atoms with E-state index in [1.807, 2.05) is 17.8 Å². The minimum Gasteiger partial charge on any atom is -0.373 e. The van der Waals surface area contributed by atoms with Crippen LogP contribution < -0.4 is 0 Å². The monoisotopic (exact) mass is 360 g/mol. The van der Waals surface area contributed by atoms with Crippen molar-refractivity contribution in [3.05, 3.63) is 71.9 Å². The minimum absolute atomic E-state index is 0.179. The Morgan fingerprint density at radius 3 is 2.58 bits per heavy atom. The zero-order valence-electron chi connectivity index (χ0n) is 14.8. The first kappa shape index (κ1) is 15.8. The Labute approximate surface area is 157 Å². The van der Waals surface area contributed by atoms with Gasteiger partial charge in [0.15, 0.2) is 5.78 Å². The lowest BCUT2D eigenvalue weighted by molar-refractivity contribution is -0.113. The molecule has 3 heterocycles. The molecule has 3 aromatic rings. The molecule has 130 valence electrons. The van der Waals surface area contributed by atoms with Gasteiger partial charge in [0.05, 0.1) is 16.6 Å². The summed E-state index contributed by atoms with van der Waals surface area (Å²) in [7, 11) is 2.10. The molecule has 2 bridgehead atoms. The fourth-order valence-electron chi connectivity index (χ4n) is 4.29. The third-order valence-corrected chi connectivity index (χ3v) is 6.85. The second-order valence-corrected chi connectivity index (χ2v) is 8.26. The Bertz CT molecular complexity index is 1050. The van der Waals surface area contributed by atoms with Gasteiger partial charge in [0.25, 0.3) is 0 Å². The van der Waals surface area contributed by atoms with Gasteiger partial charge in [-0.3, -0.25) is 4.79 Å². The average molecular weight is 360 g/mol. The molecule has 3 nitrogen and oxygen atoms in total. The molecule has 4 heteroatoms. The Morgan fingerprint density at radius 2 is 1.81 bits per heavy atom. The highest BCUT2D eigenvalue weighted by Gasteiger charge is 2.40. The van der Waals surface area contributed by atoms with Crippen LogP contribution in [0.2, 0.25) is 0 Å². The van der Waals surface area contributed by atoms with Gasteiger partial charge in [-0.2, -0.15) is 0 Å². The molecule has 5 rings (SSSR count). The van der Waals surface area contributed by atoms with Crippen LogP contribution in [0.3, 0.4) is 0 Å². The number of aromatic nitrogens is 1. The maximum Gasteiger partial charge on any atom is 0.158 e. The lowest BCUT2D eigenvalue weighted by atomic mass is 9.92. The number of carbonyl (C=O) groups excluding carboxylic acids is 1. The van der Waals surface area contributed by atoms with Crippen LogP contribution in [0.15, 0.2) is 71.4 Å². The summed E-state index contributed by atoms with van der Waals surface area (Å²) < 4.78 is 2.37. The van der Waals surface area contributed by atoms with Gasteiger partial charge in [-0.15, -0.1) is 0 Å². The van der Waals surface area contributed by atoms with Gasteiger partial charge in [0.2, 0.25) is 0 Å². The van der Waals surface area contributed by atoms with Crippen molar-refractivity contribution >= 4 is 28.4 Å². The third kappa shape index (κ3) is 2.18. The number of rotatable bonds is 2. The van der Waals surface area contributed by atoms with Crippen molar-refractivity contribution in [3.63, 3.8) is 0 Å². The van der Waals surface area contributed by atoms with Crippen molar-refractivity contribution in [2.75, 3.05) is 7.05 Å². The van der Waals surface area contributed by atoms with Crippen LogP contribution in [-0.4, -0.2) is 27.5 Å². The molecule has 2 aliphatic rings. The van der Waals surface area contributed by atoms with Crippen LogP contribution >= 0.6 is 11.8 Å². The molecule has 0 spiro atoms. The third-order valence-electron chi connectivity index (χ3n) is 5.50. The number of carbonyl (C=O) groups is 1. The normalized spacial score (nSPS) is 21.5. The minimum atomic E-state index is 0.179. The molecule has 2 aromatic carbocycles. The molecule has 2 atom stereocenters. The molecule has 0 N–H and O–H groups in total. The molecule has 0 amide bonds. The molecule has 2 unspecified atom stereocenters. The Morgan fingerprint density at radius 1 is 1.08 bits per heavy atom. The van der Waals surface area contributed by atoms with Crippen LogP contribution in [0.1, 0.15) is 24.9 Å². The molecule has 0 radical (unpaired) electrons. The number of hydrogen-bond donors (Lipinski definition) is 0. The highest BCUT2D eigenvalue weighted by Crippen LogP contribution is 2.52. The Kier molecular flexibility index (Phi) is 3.50. The van der Waals surface area contributed by atoms with Gasteiger partial charge in [0, 0.05) is 40.7 Å². The number of nitrogens with zero attached hydrogens (tertiary/aromatic N) is 2. The van der Waals surface area contributed by atoms with Gasteiger partial charge >= 0.3 is 0 Å². The van der Waals surface area contributed by atoms with Crippen LogP contribution in [0.25, 0.3) is 16.6 Å². The first-order valence-corrected chi connectivity index (χ1v) is 9.83. The molecule has 0 aliphatic carbocycles. The van der Waals surface area contributed by atoms with E-state index in [9.17, 15) is 4.79 Å². The number of hydrogen-bond acceptors (Lipinski definition) is 3. The second-order valence-electron chi connectivity index (χ2n) is 7.07. The van der Waals surface area contributed by atoms with E-state index in [4.69, 9.17) is 0 Å². The molecule has 2 aliphatic heterocycles. The predicted molar refractivity (Wildman–Crippen MR) is 107 cm³/mol.